The Kier molecular flexibility index (Phi) is 6.09. The van der Waals surface area contributed by atoms with Gasteiger partial charge in [0.25, 0.3) is 0 Å². The van der Waals surface area contributed by atoms with E-state index in [1.165, 1.54) is 6.34 Å². The Morgan fingerprint density at radius 1 is 1.39 bits per heavy atom. The van der Waals surface area contributed by atoms with Crippen molar-refractivity contribution in [2.24, 2.45) is 15.7 Å². The maximum absolute atomic E-state index is 12.4. The van der Waals surface area contributed by atoms with Crippen molar-refractivity contribution in [1.82, 2.24) is 4.98 Å². The largest absolute Gasteiger partial charge is 0.382 e. The Morgan fingerprint density at radius 2 is 2.17 bits per heavy atom. The zero-order valence-corrected chi connectivity index (χ0v) is 13.6. The molecular weight excluding hydrogens is 288 g/mol. The maximum Gasteiger partial charge on any atom is 0.188 e. The van der Waals surface area contributed by atoms with Gasteiger partial charge in [-0.3, -0.25) is 9.79 Å². The van der Waals surface area contributed by atoms with Gasteiger partial charge in [-0.2, -0.15) is 0 Å². The van der Waals surface area contributed by atoms with Crippen LogP contribution in [0.2, 0.25) is 0 Å². The molecule has 5 nitrogen and oxygen atoms in total. The van der Waals surface area contributed by atoms with Crippen LogP contribution in [-0.2, 0) is 12.8 Å². The zero-order valence-electron chi connectivity index (χ0n) is 13.6. The van der Waals surface area contributed by atoms with Gasteiger partial charge in [0.05, 0.1) is 5.69 Å². The quantitative estimate of drug-likeness (QED) is 0.366. The Hall–Kier alpha value is -2.43. The summed E-state index contributed by atoms with van der Waals surface area (Å²) in [5.41, 5.74) is 9.29. The monoisotopic (exact) mass is 312 g/mol. The fraction of sp³-hybridized carbons (Fsp3) is 0.389. The Labute approximate surface area is 136 Å². The van der Waals surface area contributed by atoms with Gasteiger partial charge >= 0.3 is 0 Å². The maximum atomic E-state index is 12.4. The minimum atomic E-state index is 0.0955. The molecule has 1 aromatic heterocycles. The molecule has 0 amide bonds. The van der Waals surface area contributed by atoms with Gasteiger partial charge in [0, 0.05) is 23.4 Å². The van der Waals surface area contributed by atoms with E-state index >= 15 is 0 Å². The lowest BCUT2D eigenvalue weighted by molar-refractivity contribution is 0.661. The number of aromatic nitrogens is 1. The molecule has 1 aromatic rings. The van der Waals surface area contributed by atoms with E-state index < -0.39 is 0 Å². The number of nitrogens with two attached hydrogens (primary N) is 1. The van der Waals surface area contributed by atoms with Crippen LogP contribution in [0.3, 0.4) is 0 Å². The van der Waals surface area contributed by atoms with Crippen molar-refractivity contribution in [3.63, 3.8) is 0 Å². The number of hydrogen-bond acceptors (Lipinski definition) is 2. The molecule has 0 unspecified atom stereocenters. The zero-order chi connectivity index (χ0) is 16.7. The summed E-state index contributed by atoms with van der Waals surface area (Å²) in [6, 6.07) is 0. The van der Waals surface area contributed by atoms with Gasteiger partial charge in [0.2, 0.25) is 0 Å². The van der Waals surface area contributed by atoms with E-state index in [1.807, 2.05) is 12.2 Å². The van der Waals surface area contributed by atoms with E-state index in [-0.39, 0.29) is 5.43 Å². The molecule has 3 N–H and O–H groups in total. The second kappa shape index (κ2) is 8.27. The van der Waals surface area contributed by atoms with E-state index in [9.17, 15) is 4.79 Å². The van der Waals surface area contributed by atoms with Crippen molar-refractivity contribution in [2.75, 3.05) is 6.54 Å². The predicted octanol–water partition coefficient (Wildman–Crippen LogP) is 2.43. The van der Waals surface area contributed by atoms with E-state index in [4.69, 9.17) is 5.73 Å². The molecule has 2 rings (SSSR count). The van der Waals surface area contributed by atoms with Crippen LogP contribution in [0.5, 0.6) is 0 Å². The van der Waals surface area contributed by atoms with Crippen LogP contribution in [0.15, 0.2) is 39.6 Å². The molecule has 0 fully saturated rings. The summed E-state index contributed by atoms with van der Waals surface area (Å²) in [5, 5.41) is 0. The van der Waals surface area contributed by atoms with Crippen LogP contribution >= 0.6 is 0 Å². The summed E-state index contributed by atoms with van der Waals surface area (Å²) in [7, 11) is 0. The minimum absolute atomic E-state index is 0.0955. The highest BCUT2D eigenvalue weighted by molar-refractivity contribution is 6.00. The Bertz CT molecular complexity index is 710. The highest BCUT2D eigenvalue weighted by atomic mass is 16.1. The number of pyridine rings is 1. The highest BCUT2D eigenvalue weighted by Gasteiger charge is 2.18. The van der Waals surface area contributed by atoms with E-state index in [0.29, 0.717) is 23.6 Å². The molecule has 0 saturated heterocycles. The topological polar surface area (TPSA) is 83.6 Å². The molecule has 0 saturated carbocycles. The summed E-state index contributed by atoms with van der Waals surface area (Å²) in [4.78, 5) is 24.1. The fourth-order valence-electron chi connectivity index (χ4n) is 2.70. The normalized spacial score (nSPS) is 15.3. The van der Waals surface area contributed by atoms with Gasteiger partial charge < -0.3 is 10.7 Å². The summed E-state index contributed by atoms with van der Waals surface area (Å²) in [6.45, 7) is 6.04. The van der Waals surface area contributed by atoms with Crippen LogP contribution < -0.4 is 11.2 Å². The average molecular weight is 312 g/mol. The first-order valence-electron chi connectivity index (χ1n) is 7.99. The number of fused-ring (bicyclic) bond motifs is 1. The van der Waals surface area contributed by atoms with Gasteiger partial charge in [-0.25, -0.2) is 4.99 Å². The smallest absolute Gasteiger partial charge is 0.188 e. The summed E-state index contributed by atoms with van der Waals surface area (Å²) in [6.07, 6.45) is 11.8. The molecule has 5 heteroatoms. The van der Waals surface area contributed by atoms with Gasteiger partial charge in [0.15, 0.2) is 5.43 Å². The number of amidine groups is 1. The highest BCUT2D eigenvalue weighted by Crippen LogP contribution is 2.18. The third kappa shape index (κ3) is 4.28. The minimum Gasteiger partial charge on any atom is -0.382 e. The van der Waals surface area contributed by atoms with Crippen LogP contribution in [0.1, 0.15) is 41.8 Å². The molecular formula is C18H24N4O. The number of H-pyrrole nitrogens is 1. The standard InChI is InChI=1S/C18H24N4O/c1-3-4-5-8-11-20-12-21-18(19)16-13(2)17(23)14-9-6-7-10-15(14)22-16/h3-5,12H,1,6-11H2,2H3,(H,22,23)(H2,19,20,21)/b5-4+. The molecule has 0 radical (unpaired) electrons. The van der Waals surface area contributed by atoms with Crippen molar-refractivity contribution in [3.8, 4) is 0 Å². The van der Waals surface area contributed by atoms with Crippen LogP contribution in [0, 0.1) is 6.92 Å². The summed E-state index contributed by atoms with van der Waals surface area (Å²) >= 11 is 0. The third-order valence-corrected chi connectivity index (χ3v) is 3.97. The molecule has 0 aliphatic heterocycles. The Morgan fingerprint density at radius 3 is 2.96 bits per heavy atom. The van der Waals surface area contributed by atoms with Gasteiger partial charge in [-0.05, 0) is 39.0 Å². The SMILES string of the molecule is C=C/C=C/CCN=CN=C(N)c1[nH]c2c(c(=O)c1C)CCCC2. The first-order chi connectivity index (χ1) is 11.1. The Balaban J connectivity index is 2.14. The number of rotatable bonds is 6. The second-order valence-corrected chi connectivity index (χ2v) is 5.61. The number of aliphatic imine (C=N–C) groups is 2. The van der Waals surface area contributed by atoms with E-state index in [1.54, 1.807) is 13.0 Å². The summed E-state index contributed by atoms with van der Waals surface area (Å²) in [5.74, 6) is 0.304. The average Bonchev–Trinajstić information content (AvgIpc) is 2.57. The lowest BCUT2D eigenvalue weighted by Gasteiger charge is -2.17. The van der Waals surface area contributed by atoms with Gasteiger partial charge in [-0.1, -0.05) is 24.8 Å². The van der Waals surface area contributed by atoms with Crippen molar-refractivity contribution in [2.45, 2.75) is 39.0 Å². The first kappa shape index (κ1) is 16.9. The molecule has 0 aromatic carbocycles. The first-order valence-corrected chi connectivity index (χ1v) is 7.99. The molecule has 23 heavy (non-hydrogen) atoms. The third-order valence-electron chi connectivity index (χ3n) is 3.97. The molecule has 1 heterocycles. The number of nitrogens with one attached hydrogen (secondary N) is 1. The number of nitrogens with zero attached hydrogens (tertiary/aromatic N) is 2. The molecule has 122 valence electrons. The van der Waals surface area contributed by atoms with E-state index in [2.05, 4.69) is 21.5 Å². The van der Waals surface area contributed by atoms with Crippen molar-refractivity contribution >= 4 is 12.2 Å². The van der Waals surface area contributed by atoms with Gasteiger partial charge in [-0.15, -0.1) is 0 Å². The molecule has 0 bridgehead atoms. The number of aromatic amines is 1. The van der Waals surface area contributed by atoms with Crippen molar-refractivity contribution in [1.29, 1.82) is 0 Å². The van der Waals surface area contributed by atoms with Crippen molar-refractivity contribution in [3.05, 3.63) is 57.5 Å². The van der Waals surface area contributed by atoms with Crippen LogP contribution in [-0.4, -0.2) is 23.7 Å². The fourth-order valence-corrected chi connectivity index (χ4v) is 2.70. The lowest BCUT2D eigenvalue weighted by Crippen LogP contribution is -2.27. The number of hydrogen-bond donors (Lipinski definition) is 2. The van der Waals surface area contributed by atoms with Gasteiger partial charge in [0.1, 0.15) is 12.2 Å². The number of aryl methyl sites for hydroxylation is 1. The van der Waals surface area contributed by atoms with E-state index in [0.717, 1.165) is 43.4 Å². The molecule has 0 atom stereocenters. The van der Waals surface area contributed by atoms with Crippen LogP contribution in [0.25, 0.3) is 0 Å². The number of allylic oxidation sites excluding steroid dienone is 2. The lowest BCUT2D eigenvalue weighted by atomic mass is 9.93. The predicted molar refractivity (Wildman–Crippen MR) is 96.5 cm³/mol. The van der Waals surface area contributed by atoms with Crippen molar-refractivity contribution < 1.29 is 0 Å². The second-order valence-electron chi connectivity index (χ2n) is 5.61. The molecule has 0 spiro atoms. The summed E-state index contributed by atoms with van der Waals surface area (Å²) < 4.78 is 0. The molecule has 1 aliphatic carbocycles. The van der Waals surface area contributed by atoms with Crippen LogP contribution in [0.4, 0.5) is 0 Å². The molecule has 1 aliphatic rings.